The second kappa shape index (κ2) is 11.2. The van der Waals surface area contributed by atoms with Crippen LogP contribution < -0.4 is 15.4 Å². The first-order chi connectivity index (χ1) is 18.6. The molecule has 0 spiro atoms. The lowest BCUT2D eigenvalue weighted by molar-refractivity contribution is 0.244. The summed E-state index contributed by atoms with van der Waals surface area (Å²) in [5.41, 5.74) is 2.87. The van der Waals surface area contributed by atoms with Crippen LogP contribution in [0.15, 0.2) is 67.0 Å². The number of fused-ring (bicyclic) bond motifs is 3. The second-order valence-electron chi connectivity index (χ2n) is 9.37. The highest BCUT2D eigenvalue weighted by Gasteiger charge is 2.14. The first-order valence-corrected chi connectivity index (χ1v) is 13.8. The molecule has 0 unspecified atom stereocenters. The molecule has 0 saturated carbocycles. The molecule has 6 nitrogen and oxygen atoms in total. The van der Waals surface area contributed by atoms with E-state index in [1.807, 2.05) is 12.1 Å². The van der Waals surface area contributed by atoms with Crippen LogP contribution in [0.2, 0.25) is 5.02 Å². The number of benzene rings is 3. The van der Waals surface area contributed by atoms with E-state index in [4.69, 9.17) is 16.3 Å². The minimum atomic E-state index is -0.291. The van der Waals surface area contributed by atoms with Crippen molar-refractivity contribution in [2.75, 3.05) is 38.0 Å². The second-order valence-corrected chi connectivity index (χ2v) is 10.8. The number of piperazine rings is 1. The molecule has 1 aliphatic rings. The van der Waals surface area contributed by atoms with Crippen LogP contribution >= 0.6 is 22.9 Å². The maximum atomic E-state index is 13.4. The average molecular weight is 548 g/mol. The van der Waals surface area contributed by atoms with Crippen molar-refractivity contribution in [2.45, 2.75) is 13.0 Å². The highest BCUT2D eigenvalue weighted by molar-refractivity contribution is 7.25. The number of halogens is 2. The Kier molecular flexibility index (Phi) is 7.38. The normalized spacial score (nSPS) is 14.3. The topological polar surface area (TPSA) is 62.3 Å². The molecule has 0 atom stereocenters. The number of nitrogens with zero attached hydrogens (tertiary/aromatic N) is 3. The van der Waals surface area contributed by atoms with Crippen molar-refractivity contribution in [3.8, 4) is 5.75 Å². The summed E-state index contributed by atoms with van der Waals surface area (Å²) in [6, 6.07) is 18.5. The highest BCUT2D eigenvalue weighted by Crippen LogP contribution is 2.38. The van der Waals surface area contributed by atoms with Gasteiger partial charge in [0, 0.05) is 48.5 Å². The quantitative estimate of drug-likeness (QED) is 0.234. The monoisotopic (exact) mass is 547 g/mol. The number of thiophene rings is 1. The summed E-state index contributed by atoms with van der Waals surface area (Å²) in [6.45, 7) is 5.67. The average Bonchev–Trinajstić information content (AvgIpc) is 3.31. The summed E-state index contributed by atoms with van der Waals surface area (Å²) >= 11 is 8.20. The zero-order valence-corrected chi connectivity index (χ0v) is 22.3. The summed E-state index contributed by atoms with van der Waals surface area (Å²) < 4.78 is 20.5. The van der Waals surface area contributed by atoms with E-state index in [-0.39, 0.29) is 12.4 Å². The predicted octanol–water partition coefficient (Wildman–Crippen LogP) is 6.41. The van der Waals surface area contributed by atoms with Crippen molar-refractivity contribution < 1.29 is 9.13 Å². The Balaban J connectivity index is 1.19. The van der Waals surface area contributed by atoms with Crippen molar-refractivity contribution >= 4 is 54.7 Å². The lowest BCUT2D eigenvalue weighted by Crippen LogP contribution is -2.44. The van der Waals surface area contributed by atoms with E-state index in [1.54, 1.807) is 35.9 Å². The van der Waals surface area contributed by atoms with E-state index < -0.39 is 0 Å². The minimum absolute atomic E-state index is 0.231. The molecule has 0 bridgehead atoms. The number of anilines is 2. The summed E-state index contributed by atoms with van der Waals surface area (Å²) in [5, 5.41) is 9.42. The first-order valence-electron chi connectivity index (χ1n) is 12.7. The van der Waals surface area contributed by atoms with Crippen LogP contribution in [0.1, 0.15) is 11.1 Å². The third-order valence-corrected chi connectivity index (χ3v) is 8.09. The van der Waals surface area contributed by atoms with E-state index in [0.29, 0.717) is 10.8 Å². The molecule has 1 fully saturated rings. The van der Waals surface area contributed by atoms with Crippen LogP contribution in [-0.4, -0.2) is 47.6 Å². The highest BCUT2D eigenvalue weighted by atomic mass is 35.5. The van der Waals surface area contributed by atoms with Crippen LogP contribution in [0.5, 0.6) is 5.75 Å². The van der Waals surface area contributed by atoms with Crippen molar-refractivity contribution in [3.05, 3.63) is 89.0 Å². The van der Waals surface area contributed by atoms with Gasteiger partial charge >= 0.3 is 0 Å². The summed E-state index contributed by atoms with van der Waals surface area (Å²) in [5.74, 6) is 0.975. The van der Waals surface area contributed by atoms with Gasteiger partial charge in [-0.3, -0.25) is 0 Å². The number of aromatic nitrogens is 2. The van der Waals surface area contributed by atoms with Gasteiger partial charge in [0.1, 0.15) is 35.1 Å². The fourth-order valence-electron chi connectivity index (χ4n) is 4.74. The Morgan fingerprint density at radius 2 is 1.92 bits per heavy atom. The molecule has 1 aliphatic heterocycles. The molecule has 194 valence electrons. The predicted molar refractivity (Wildman–Crippen MR) is 153 cm³/mol. The molecule has 3 aromatic carbocycles. The molecule has 2 aromatic heterocycles. The van der Waals surface area contributed by atoms with E-state index in [9.17, 15) is 4.39 Å². The number of hydrogen-bond donors (Lipinski definition) is 2. The van der Waals surface area contributed by atoms with Gasteiger partial charge in [0.15, 0.2) is 0 Å². The van der Waals surface area contributed by atoms with Gasteiger partial charge in [-0.1, -0.05) is 35.9 Å². The van der Waals surface area contributed by atoms with Gasteiger partial charge in [-0.05, 0) is 53.9 Å². The van der Waals surface area contributed by atoms with Gasteiger partial charge in [-0.2, -0.15) is 0 Å². The van der Waals surface area contributed by atoms with Gasteiger partial charge in [0.05, 0.1) is 10.4 Å². The zero-order valence-electron chi connectivity index (χ0n) is 20.7. The Bertz CT molecular complexity index is 1590. The lowest BCUT2D eigenvalue weighted by atomic mass is 10.1. The number of hydrogen-bond acceptors (Lipinski definition) is 7. The largest absolute Gasteiger partial charge is 0.487 e. The standard InChI is InChI=1S/C29H27ClFN5OS/c30-24-16-22(5-7-25(24)37-17-20-2-1-3-21(31)14-20)35-28-27-23-6-4-19(8-11-36-12-9-32-10-13-36)15-26(23)38-29(27)34-18-33-28/h1-7,14-16,18,32H,8-13,17H2,(H,33,34,35). The van der Waals surface area contributed by atoms with Crippen LogP contribution in [-0.2, 0) is 13.0 Å². The third kappa shape index (κ3) is 5.59. The number of rotatable bonds is 8. The van der Waals surface area contributed by atoms with Crippen molar-refractivity contribution in [1.82, 2.24) is 20.2 Å². The molecule has 5 aromatic rings. The Hall–Kier alpha value is -3.30. The molecule has 0 radical (unpaired) electrons. The molecule has 1 saturated heterocycles. The Morgan fingerprint density at radius 1 is 1.03 bits per heavy atom. The minimum Gasteiger partial charge on any atom is -0.487 e. The van der Waals surface area contributed by atoms with Gasteiger partial charge in [-0.25, -0.2) is 14.4 Å². The molecule has 38 heavy (non-hydrogen) atoms. The lowest BCUT2D eigenvalue weighted by Gasteiger charge is -2.27. The third-order valence-electron chi connectivity index (χ3n) is 6.74. The van der Waals surface area contributed by atoms with Crippen LogP contribution in [0.3, 0.4) is 0 Å². The van der Waals surface area contributed by atoms with Crippen LogP contribution in [0.4, 0.5) is 15.9 Å². The van der Waals surface area contributed by atoms with Crippen LogP contribution in [0, 0.1) is 5.82 Å². The van der Waals surface area contributed by atoms with Gasteiger partial charge in [-0.15, -0.1) is 11.3 Å². The molecule has 0 aliphatic carbocycles. The van der Waals surface area contributed by atoms with E-state index in [1.165, 1.54) is 22.4 Å². The Morgan fingerprint density at radius 3 is 2.76 bits per heavy atom. The van der Waals surface area contributed by atoms with E-state index in [2.05, 4.69) is 43.7 Å². The van der Waals surface area contributed by atoms with Crippen molar-refractivity contribution in [2.24, 2.45) is 0 Å². The maximum absolute atomic E-state index is 13.4. The van der Waals surface area contributed by atoms with Gasteiger partial charge in [0.25, 0.3) is 0 Å². The summed E-state index contributed by atoms with van der Waals surface area (Å²) in [4.78, 5) is 12.5. The Labute approximate surface area is 229 Å². The zero-order chi connectivity index (χ0) is 25.9. The number of ether oxygens (including phenoxy) is 1. The number of nitrogens with one attached hydrogen (secondary N) is 2. The van der Waals surface area contributed by atoms with Gasteiger partial charge < -0.3 is 20.3 Å². The molecule has 6 rings (SSSR count). The molecule has 9 heteroatoms. The van der Waals surface area contributed by atoms with Gasteiger partial charge in [0.2, 0.25) is 0 Å². The molecule has 3 heterocycles. The van der Waals surface area contributed by atoms with Crippen molar-refractivity contribution in [1.29, 1.82) is 0 Å². The molecule has 0 amide bonds. The summed E-state index contributed by atoms with van der Waals surface area (Å²) in [6.07, 6.45) is 2.62. The maximum Gasteiger partial charge on any atom is 0.143 e. The van der Waals surface area contributed by atoms with E-state index >= 15 is 0 Å². The van der Waals surface area contributed by atoms with Crippen molar-refractivity contribution in [3.63, 3.8) is 0 Å². The smallest absolute Gasteiger partial charge is 0.143 e. The molecular formula is C29H27ClFN5OS. The summed E-state index contributed by atoms with van der Waals surface area (Å²) in [7, 11) is 0. The SMILES string of the molecule is Fc1cccc(COc2ccc(Nc3ncnc4sc5cc(CCN6CCNCC6)ccc5c34)cc2Cl)c1. The fraction of sp³-hybridized carbons (Fsp3) is 0.241. The van der Waals surface area contributed by atoms with E-state index in [0.717, 1.165) is 71.8 Å². The molecule has 2 N–H and O–H groups in total. The first kappa shape index (κ1) is 25.0. The molecular weight excluding hydrogens is 521 g/mol. The fourth-order valence-corrected chi connectivity index (χ4v) is 6.09. The van der Waals surface area contributed by atoms with Crippen LogP contribution in [0.25, 0.3) is 20.3 Å².